The van der Waals surface area contributed by atoms with Crippen molar-refractivity contribution >= 4 is 23.9 Å². The molecule has 1 rings (SSSR count). The van der Waals surface area contributed by atoms with Crippen LogP contribution in [0.15, 0.2) is 18.2 Å². The van der Waals surface area contributed by atoms with Gasteiger partial charge in [0.15, 0.2) is 11.5 Å². The first-order chi connectivity index (χ1) is 15.6. The summed E-state index contributed by atoms with van der Waals surface area (Å²) in [4.78, 5) is 47.6. The first kappa shape index (κ1) is 28.1. The molecule has 33 heavy (non-hydrogen) atoms. The Bertz CT molecular complexity index is 823. The summed E-state index contributed by atoms with van der Waals surface area (Å²) in [7, 11) is 0. The van der Waals surface area contributed by atoms with E-state index in [0.717, 1.165) is 0 Å². The number of hydrogen-bond donors (Lipinski definition) is 2. The molecule has 1 aromatic carbocycles. The molecule has 0 amide bonds. The van der Waals surface area contributed by atoms with Crippen LogP contribution in [-0.2, 0) is 23.9 Å². The lowest BCUT2D eigenvalue weighted by atomic mass is 9.87. The highest BCUT2D eigenvalue weighted by Crippen LogP contribution is 2.35. The molecule has 0 spiro atoms. The Kier molecular flexibility index (Phi) is 12.1. The van der Waals surface area contributed by atoms with Crippen LogP contribution in [0.5, 0.6) is 11.5 Å². The first-order valence-corrected chi connectivity index (χ1v) is 11.4. The Morgan fingerprint density at radius 1 is 0.879 bits per heavy atom. The minimum absolute atomic E-state index is 0.00798. The molecular formula is C24H35NO8. The lowest BCUT2D eigenvalue weighted by Crippen LogP contribution is -2.38. The van der Waals surface area contributed by atoms with Gasteiger partial charge in [-0.1, -0.05) is 26.8 Å². The SMILES string of the molecule is CCCC(=O)Oc1ccc(C(CC(C)OC(=O)CCC)[C@H](N)C(=O)O)cc1OC(=O)CCC. The van der Waals surface area contributed by atoms with Gasteiger partial charge >= 0.3 is 23.9 Å². The molecule has 0 aliphatic heterocycles. The zero-order valence-electron chi connectivity index (χ0n) is 19.8. The average molecular weight is 466 g/mol. The molecule has 184 valence electrons. The largest absolute Gasteiger partial charge is 0.480 e. The lowest BCUT2D eigenvalue weighted by Gasteiger charge is -2.25. The minimum atomic E-state index is -1.30. The van der Waals surface area contributed by atoms with Gasteiger partial charge in [-0.15, -0.1) is 0 Å². The number of rotatable bonds is 14. The second kappa shape index (κ2) is 14.3. The van der Waals surface area contributed by atoms with E-state index in [0.29, 0.717) is 24.8 Å². The van der Waals surface area contributed by atoms with Gasteiger partial charge in [-0.2, -0.15) is 0 Å². The number of esters is 3. The molecule has 2 unspecified atom stereocenters. The van der Waals surface area contributed by atoms with E-state index in [1.807, 2.05) is 20.8 Å². The van der Waals surface area contributed by atoms with E-state index in [4.69, 9.17) is 19.9 Å². The van der Waals surface area contributed by atoms with Crippen molar-refractivity contribution in [3.63, 3.8) is 0 Å². The van der Waals surface area contributed by atoms with Crippen molar-refractivity contribution in [1.29, 1.82) is 0 Å². The maximum Gasteiger partial charge on any atom is 0.321 e. The fraction of sp³-hybridized carbons (Fsp3) is 0.583. The van der Waals surface area contributed by atoms with Crippen molar-refractivity contribution in [3.05, 3.63) is 23.8 Å². The summed E-state index contributed by atoms with van der Waals surface area (Å²) >= 11 is 0. The molecule has 0 heterocycles. The fourth-order valence-electron chi connectivity index (χ4n) is 3.23. The Morgan fingerprint density at radius 2 is 1.39 bits per heavy atom. The molecular weight excluding hydrogens is 430 g/mol. The summed E-state index contributed by atoms with van der Waals surface area (Å²) in [5.41, 5.74) is 6.41. The van der Waals surface area contributed by atoms with Crippen molar-refractivity contribution in [2.24, 2.45) is 5.73 Å². The highest BCUT2D eigenvalue weighted by atomic mass is 16.6. The zero-order valence-corrected chi connectivity index (χ0v) is 19.8. The van der Waals surface area contributed by atoms with E-state index in [2.05, 4.69) is 0 Å². The van der Waals surface area contributed by atoms with Gasteiger partial charge in [0.25, 0.3) is 0 Å². The molecule has 0 aromatic heterocycles. The molecule has 0 aliphatic carbocycles. The number of nitrogens with two attached hydrogens (primary N) is 1. The number of carboxylic acid groups (broad SMARTS) is 1. The molecule has 0 bridgehead atoms. The lowest BCUT2D eigenvalue weighted by molar-refractivity contribution is -0.149. The van der Waals surface area contributed by atoms with Crippen LogP contribution >= 0.6 is 0 Å². The van der Waals surface area contributed by atoms with Gasteiger partial charge in [0.05, 0.1) is 6.10 Å². The Morgan fingerprint density at radius 3 is 1.91 bits per heavy atom. The van der Waals surface area contributed by atoms with E-state index in [9.17, 15) is 24.3 Å². The zero-order chi connectivity index (χ0) is 25.0. The Balaban J connectivity index is 3.29. The first-order valence-electron chi connectivity index (χ1n) is 11.4. The van der Waals surface area contributed by atoms with Gasteiger partial charge in [-0.25, -0.2) is 0 Å². The van der Waals surface area contributed by atoms with Crippen LogP contribution in [0.25, 0.3) is 0 Å². The molecule has 0 saturated carbocycles. The fourth-order valence-corrected chi connectivity index (χ4v) is 3.23. The van der Waals surface area contributed by atoms with Crippen LogP contribution in [0.4, 0.5) is 0 Å². The van der Waals surface area contributed by atoms with E-state index in [1.165, 1.54) is 12.1 Å². The number of carboxylic acids is 1. The minimum Gasteiger partial charge on any atom is -0.480 e. The molecule has 0 aliphatic rings. The van der Waals surface area contributed by atoms with Crippen molar-refractivity contribution in [1.82, 2.24) is 0 Å². The number of carbonyl (C=O) groups is 4. The second-order valence-corrected chi connectivity index (χ2v) is 7.91. The predicted octanol–water partition coefficient (Wildman–Crippen LogP) is 3.72. The van der Waals surface area contributed by atoms with Gasteiger partial charge in [0, 0.05) is 25.2 Å². The number of ether oxygens (including phenoxy) is 3. The van der Waals surface area contributed by atoms with E-state index in [-0.39, 0.29) is 43.2 Å². The molecule has 1 aromatic rings. The molecule has 0 fully saturated rings. The molecule has 9 nitrogen and oxygen atoms in total. The molecule has 3 N–H and O–H groups in total. The summed E-state index contributed by atoms with van der Waals surface area (Å²) < 4.78 is 16.1. The maximum absolute atomic E-state index is 12.1. The highest BCUT2D eigenvalue weighted by molar-refractivity contribution is 5.77. The molecule has 0 radical (unpaired) electrons. The summed E-state index contributed by atoms with van der Waals surface area (Å²) in [6, 6.07) is 3.17. The van der Waals surface area contributed by atoms with Crippen molar-refractivity contribution < 1.29 is 38.5 Å². The van der Waals surface area contributed by atoms with Crippen molar-refractivity contribution in [2.75, 3.05) is 0 Å². The van der Waals surface area contributed by atoms with Crippen LogP contribution in [-0.4, -0.2) is 41.1 Å². The van der Waals surface area contributed by atoms with Crippen molar-refractivity contribution in [3.8, 4) is 11.5 Å². The second-order valence-electron chi connectivity index (χ2n) is 7.91. The molecule has 9 heteroatoms. The van der Waals surface area contributed by atoms with Gasteiger partial charge in [-0.3, -0.25) is 19.2 Å². The summed E-state index contributed by atoms with van der Waals surface area (Å²) in [5.74, 6) is -3.27. The van der Waals surface area contributed by atoms with Gasteiger partial charge in [-0.05, 0) is 50.3 Å². The van der Waals surface area contributed by atoms with E-state index >= 15 is 0 Å². The number of hydrogen-bond acceptors (Lipinski definition) is 8. The van der Waals surface area contributed by atoms with E-state index in [1.54, 1.807) is 13.0 Å². The number of carbonyl (C=O) groups excluding carboxylic acids is 3. The van der Waals surface area contributed by atoms with Gasteiger partial charge < -0.3 is 25.1 Å². The summed E-state index contributed by atoms with van der Waals surface area (Å²) in [6.07, 6.45) is 1.95. The van der Waals surface area contributed by atoms with Crippen LogP contribution in [0, 0.1) is 0 Å². The number of benzene rings is 1. The average Bonchev–Trinajstić information content (AvgIpc) is 2.73. The monoisotopic (exact) mass is 465 g/mol. The van der Waals surface area contributed by atoms with E-state index < -0.39 is 36.0 Å². The van der Waals surface area contributed by atoms with Crippen LogP contribution < -0.4 is 15.2 Å². The Labute approximate surface area is 194 Å². The quantitative estimate of drug-likeness (QED) is 0.310. The predicted molar refractivity (Wildman–Crippen MR) is 121 cm³/mol. The van der Waals surface area contributed by atoms with Crippen LogP contribution in [0.1, 0.15) is 84.1 Å². The molecule has 0 saturated heterocycles. The van der Waals surface area contributed by atoms with Gasteiger partial charge in [0.1, 0.15) is 6.04 Å². The topological polar surface area (TPSA) is 142 Å². The van der Waals surface area contributed by atoms with Crippen LogP contribution in [0.2, 0.25) is 0 Å². The third-order valence-corrected chi connectivity index (χ3v) is 4.84. The maximum atomic E-state index is 12.1. The Hall–Kier alpha value is -2.94. The molecule has 3 atom stereocenters. The highest BCUT2D eigenvalue weighted by Gasteiger charge is 2.30. The van der Waals surface area contributed by atoms with Crippen LogP contribution in [0.3, 0.4) is 0 Å². The summed E-state index contributed by atoms with van der Waals surface area (Å²) in [6.45, 7) is 7.17. The smallest absolute Gasteiger partial charge is 0.321 e. The normalized spacial score (nSPS) is 13.5. The third-order valence-electron chi connectivity index (χ3n) is 4.84. The third kappa shape index (κ3) is 9.61. The van der Waals surface area contributed by atoms with Gasteiger partial charge in [0.2, 0.25) is 0 Å². The standard InChI is InChI=1S/C24H35NO8/c1-5-8-20(26)31-15(4)13-17(23(25)24(29)30)16-11-12-18(32-21(27)9-6-2)19(14-16)33-22(28)10-7-3/h11-12,14-15,17,23H,5-10,13,25H2,1-4H3,(H,29,30)/t15?,17?,23-/m0/s1. The number of aliphatic carboxylic acids is 1. The van der Waals surface area contributed by atoms with Crippen molar-refractivity contribution in [2.45, 2.75) is 90.7 Å². The summed E-state index contributed by atoms with van der Waals surface area (Å²) in [5, 5.41) is 9.52.